The summed E-state index contributed by atoms with van der Waals surface area (Å²) in [5.41, 5.74) is 0.943. The van der Waals surface area contributed by atoms with Gasteiger partial charge >= 0.3 is 0 Å². The normalized spacial score (nSPS) is 30.0. The molecule has 1 aromatic heterocycles. The van der Waals surface area contributed by atoms with E-state index in [1.165, 1.54) is 0 Å². The van der Waals surface area contributed by atoms with Gasteiger partial charge in [0, 0.05) is 26.2 Å². The zero-order valence-corrected chi connectivity index (χ0v) is 14.5. The van der Waals surface area contributed by atoms with Crippen molar-refractivity contribution in [3.05, 3.63) is 53.9 Å². The van der Waals surface area contributed by atoms with Crippen molar-refractivity contribution in [3.63, 3.8) is 0 Å². The quantitative estimate of drug-likeness (QED) is 0.818. The molecule has 1 spiro atoms. The molecule has 0 radical (unpaired) electrons. The maximum Gasteiger partial charge on any atom is 0.257 e. The number of hydrogen-bond donors (Lipinski definition) is 0. The Bertz CT molecular complexity index is 880. The van der Waals surface area contributed by atoms with Gasteiger partial charge in [-0.2, -0.15) is 5.10 Å². The fraction of sp³-hybridized carbons (Fsp3) is 0.421. The molecular weight excluding hydrogens is 332 g/mol. The molecule has 0 unspecified atom stereocenters. The van der Waals surface area contributed by atoms with Crippen molar-refractivity contribution in [3.8, 4) is 0 Å². The molecule has 7 heteroatoms. The van der Waals surface area contributed by atoms with Crippen LogP contribution < -0.4 is 0 Å². The van der Waals surface area contributed by atoms with E-state index in [9.17, 15) is 9.59 Å². The molecule has 26 heavy (non-hydrogen) atoms. The van der Waals surface area contributed by atoms with Crippen LogP contribution in [-0.4, -0.2) is 56.3 Å². The lowest BCUT2D eigenvalue weighted by Gasteiger charge is -2.33. The molecule has 0 saturated carbocycles. The summed E-state index contributed by atoms with van der Waals surface area (Å²) in [7, 11) is 1.79. The Balaban J connectivity index is 1.47. The Morgan fingerprint density at radius 1 is 1.31 bits per heavy atom. The molecule has 0 bridgehead atoms. The van der Waals surface area contributed by atoms with Gasteiger partial charge in [-0.1, -0.05) is 30.3 Å². The Morgan fingerprint density at radius 3 is 2.85 bits per heavy atom. The first kappa shape index (κ1) is 15.6. The van der Waals surface area contributed by atoms with E-state index < -0.39 is 5.72 Å². The Morgan fingerprint density at radius 2 is 2.12 bits per heavy atom. The lowest BCUT2D eigenvalue weighted by molar-refractivity contribution is -0.138. The van der Waals surface area contributed by atoms with Crippen LogP contribution in [0.4, 0.5) is 0 Å². The molecule has 2 aromatic rings. The third-order valence-electron chi connectivity index (χ3n) is 5.85. The minimum atomic E-state index is -0.685. The molecule has 4 heterocycles. The fourth-order valence-electron chi connectivity index (χ4n) is 4.71. The number of rotatable bonds is 2. The molecule has 5 rings (SSSR count). The van der Waals surface area contributed by atoms with Gasteiger partial charge in [0.1, 0.15) is 0 Å². The summed E-state index contributed by atoms with van der Waals surface area (Å²) in [5.74, 6) is -0.0218. The van der Waals surface area contributed by atoms with Crippen LogP contribution in [0, 0.1) is 0 Å². The third-order valence-corrected chi connectivity index (χ3v) is 5.85. The van der Waals surface area contributed by atoms with E-state index in [1.54, 1.807) is 29.0 Å². The van der Waals surface area contributed by atoms with E-state index in [-0.39, 0.29) is 23.9 Å². The van der Waals surface area contributed by atoms with E-state index in [0.717, 1.165) is 5.56 Å². The first-order valence-electron chi connectivity index (χ1n) is 8.91. The van der Waals surface area contributed by atoms with E-state index >= 15 is 0 Å². The van der Waals surface area contributed by atoms with Crippen molar-refractivity contribution in [2.24, 2.45) is 7.05 Å². The number of benzene rings is 1. The van der Waals surface area contributed by atoms with Crippen LogP contribution in [0.1, 0.15) is 34.8 Å². The Kier molecular flexibility index (Phi) is 3.24. The standard InChI is InChI=1S/C19H20N4O3/c1-21-11-14(10-20-21)18(25)22-8-7-19-16(22)9-17(24)23(19)15(12-26-19)13-5-3-2-4-6-13/h2-6,10-11,15-16H,7-9,12H2,1H3/t15-,16+,19-/m0/s1. The van der Waals surface area contributed by atoms with E-state index in [2.05, 4.69) is 5.10 Å². The predicted octanol–water partition coefficient (Wildman–Crippen LogP) is 1.33. The first-order valence-corrected chi connectivity index (χ1v) is 8.91. The van der Waals surface area contributed by atoms with Gasteiger partial charge in [0.15, 0.2) is 5.72 Å². The van der Waals surface area contributed by atoms with Gasteiger partial charge in [-0.05, 0) is 5.56 Å². The molecule has 2 amide bonds. The van der Waals surface area contributed by atoms with Gasteiger partial charge in [0.05, 0.1) is 36.9 Å². The average Bonchev–Trinajstić information content (AvgIpc) is 3.38. The number of aryl methyl sites for hydroxylation is 1. The second-order valence-electron chi connectivity index (χ2n) is 7.22. The molecule has 3 saturated heterocycles. The molecule has 0 aliphatic carbocycles. The van der Waals surface area contributed by atoms with Crippen molar-refractivity contribution in [1.29, 1.82) is 0 Å². The molecule has 7 nitrogen and oxygen atoms in total. The smallest absolute Gasteiger partial charge is 0.257 e. The number of likely N-dealkylation sites (tertiary alicyclic amines) is 1. The number of hydrogen-bond acceptors (Lipinski definition) is 4. The number of amides is 2. The zero-order valence-electron chi connectivity index (χ0n) is 14.5. The summed E-state index contributed by atoms with van der Waals surface area (Å²) in [6.07, 6.45) is 4.25. The van der Waals surface area contributed by atoms with Gasteiger partial charge in [0.2, 0.25) is 5.91 Å². The molecule has 3 atom stereocenters. The van der Waals surface area contributed by atoms with Crippen LogP contribution in [0.15, 0.2) is 42.7 Å². The maximum atomic E-state index is 12.9. The fourth-order valence-corrected chi connectivity index (χ4v) is 4.71. The zero-order chi connectivity index (χ0) is 17.9. The van der Waals surface area contributed by atoms with Gasteiger partial charge in [-0.25, -0.2) is 0 Å². The van der Waals surface area contributed by atoms with Crippen LogP contribution in [0.2, 0.25) is 0 Å². The number of ether oxygens (including phenoxy) is 1. The van der Waals surface area contributed by atoms with Crippen molar-refractivity contribution < 1.29 is 14.3 Å². The highest BCUT2D eigenvalue weighted by Crippen LogP contribution is 2.51. The Labute approximate surface area is 151 Å². The first-order chi connectivity index (χ1) is 12.6. The van der Waals surface area contributed by atoms with Crippen LogP contribution in [0.3, 0.4) is 0 Å². The number of aromatic nitrogens is 2. The van der Waals surface area contributed by atoms with Crippen molar-refractivity contribution in [2.75, 3.05) is 13.2 Å². The van der Waals surface area contributed by atoms with Crippen LogP contribution >= 0.6 is 0 Å². The summed E-state index contributed by atoms with van der Waals surface area (Å²) in [4.78, 5) is 29.5. The second-order valence-corrected chi connectivity index (χ2v) is 7.22. The highest BCUT2D eigenvalue weighted by molar-refractivity contribution is 5.95. The van der Waals surface area contributed by atoms with Gasteiger partial charge in [0.25, 0.3) is 5.91 Å². The van der Waals surface area contributed by atoms with Crippen LogP contribution in [-0.2, 0) is 16.6 Å². The summed E-state index contributed by atoms with van der Waals surface area (Å²) in [6, 6.07) is 9.66. The average molecular weight is 352 g/mol. The monoisotopic (exact) mass is 352 g/mol. The molecule has 0 N–H and O–H groups in total. The van der Waals surface area contributed by atoms with E-state index in [1.807, 2.05) is 35.2 Å². The lowest BCUT2D eigenvalue weighted by atomic mass is 10.0. The Hall–Kier alpha value is -2.67. The number of carbonyl (C=O) groups is 2. The van der Waals surface area contributed by atoms with Crippen LogP contribution in [0.25, 0.3) is 0 Å². The maximum absolute atomic E-state index is 12.9. The minimum absolute atomic E-state index is 0.0602. The summed E-state index contributed by atoms with van der Waals surface area (Å²) in [5, 5.41) is 4.09. The summed E-state index contributed by atoms with van der Waals surface area (Å²) >= 11 is 0. The topological polar surface area (TPSA) is 67.7 Å². The molecule has 134 valence electrons. The van der Waals surface area contributed by atoms with Crippen LogP contribution in [0.5, 0.6) is 0 Å². The molecule has 3 aliphatic rings. The lowest BCUT2D eigenvalue weighted by Crippen LogP contribution is -2.49. The molecule has 3 fully saturated rings. The highest BCUT2D eigenvalue weighted by atomic mass is 16.5. The highest BCUT2D eigenvalue weighted by Gasteiger charge is 2.65. The number of carbonyl (C=O) groups excluding carboxylic acids is 2. The van der Waals surface area contributed by atoms with Crippen molar-refractivity contribution in [1.82, 2.24) is 19.6 Å². The summed E-state index contributed by atoms with van der Waals surface area (Å²) in [6.45, 7) is 1.06. The minimum Gasteiger partial charge on any atom is -0.351 e. The summed E-state index contributed by atoms with van der Waals surface area (Å²) < 4.78 is 7.85. The second kappa shape index (κ2) is 5.41. The SMILES string of the molecule is Cn1cc(C(=O)N2CC[C@@]34OC[C@@H](c5ccccc5)N3C(=O)C[C@@H]24)cn1. The van der Waals surface area contributed by atoms with Gasteiger partial charge in [-0.3, -0.25) is 14.3 Å². The third kappa shape index (κ3) is 2.00. The van der Waals surface area contributed by atoms with Gasteiger partial charge < -0.3 is 14.5 Å². The van der Waals surface area contributed by atoms with Crippen molar-refractivity contribution in [2.45, 2.75) is 30.7 Å². The van der Waals surface area contributed by atoms with E-state index in [4.69, 9.17) is 4.74 Å². The van der Waals surface area contributed by atoms with Crippen molar-refractivity contribution >= 4 is 11.8 Å². The van der Waals surface area contributed by atoms with Gasteiger partial charge in [-0.15, -0.1) is 0 Å². The number of nitrogens with zero attached hydrogens (tertiary/aromatic N) is 4. The molecule has 1 aromatic carbocycles. The molecule has 3 aliphatic heterocycles. The largest absolute Gasteiger partial charge is 0.351 e. The molecular formula is C19H20N4O3. The van der Waals surface area contributed by atoms with E-state index in [0.29, 0.717) is 31.6 Å². The predicted molar refractivity (Wildman–Crippen MR) is 92.0 cm³/mol.